The Balaban J connectivity index is 1.45. The summed E-state index contributed by atoms with van der Waals surface area (Å²) in [6, 6.07) is 13.3. The highest BCUT2D eigenvalue weighted by atomic mass is 35.5. The number of aryl methyl sites for hydroxylation is 2. The Hall–Kier alpha value is -2.37. The molecule has 2 aromatic carbocycles. The van der Waals surface area contributed by atoms with Crippen LogP contribution in [-0.2, 0) is 9.59 Å². The summed E-state index contributed by atoms with van der Waals surface area (Å²) in [4.78, 5) is 31.5. The van der Waals surface area contributed by atoms with Crippen molar-refractivity contribution < 1.29 is 9.59 Å². The average Bonchev–Trinajstić information content (AvgIpc) is 2.97. The van der Waals surface area contributed by atoms with Crippen LogP contribution >= 0.6 is 11.6 Å². The second kappa shape index (κ2) is 7.57. The lowest BCUT2D eigenvalue weighted by Gasteiger charge is -2.38. The molecule has 2 aliphatic heterocycles. The van der Waals surface area contributed by atoms with Gasteiger partial charge in [0.2, 0.25) is 5.91 Å². The van der Waals surface area contributed by atoms with Gasteiger partial charge in [0, 0.05) is 36.9 Å². The maximum absolute atomic E-state index is 13.1. The number of carbonyl (C=O) groups is 2. The lowest BCUT2D eigenvalue weighted by atomic mass is 10.1. The van der Waals surface area contributed by atoms with Gasteiger partial charge >= 0.3 is 0 Å². The van der Waals surface area contributed by atoms with Crippen LogP contribution in [0.3, 0.4) is 0 Å². The van der Waals surface area contributed by atoms with Crippen LogP contribution in [0.15, 0.2) is 42.5 Å². The number of anilines is 2. The molecule has 2 amide bonds. The number of amides is 2. The molecule has 0 radical (unpaired) electrons. The first-order valence-electron chi connectivity index (χ1n) is 9.62. The number of hydrogen-bond donors (Lipinski definition) is 0. The summed E-state index contributed by atoms with van der Waals surface area (Å²) in [6.07, 6.45) is 0.257. The lowest BCUT2D eigenvalue weighted by molar-refractivity contribution is -0.123. The number of imide groups is 1. The number of halogens is 1. The van der Waals surface area contributed by atoms with Gasteiger partial charge in [-0.1, -0.05) is 29.3 Å². The number of piperazine rings is 1. The summed E-state index contributed by atoms with van der Waals surface area (Å²) in [5.41, 5.74) is 3.92. The topological polar surface area (TPSA) is 43.9 Å². The summed E-state index contributed by atoms with van der Waals surface area (Å²) < 4.78 is 0. The van der Waals surface area contributed by atoms with Gasteiger partial charge in [0.15, 0.2) is 0 Å². The van der Waals surface area contributed by atoms with E-state index in [1.807, 2.05) is 56.3 Å². The van der Waals surface area contributed by atoms with Crippen LogP contribution in [0.25, 0.3) is 0 Å². The highest BCUT2D eigenvalue weighted by molar-refractivity contribution is 6.30. The first kappa shape index (κ1) is 19.0. The van der Waals surface area contributed by atoms with Gasteiger partial charge in [0.05, 0.1) is 18.2 Å². The van der Waals surface area contributed by atoms with Gasteiger partial charge in [-0.3, -0.25) is 14.5 Å². The molecule has 0 bridgehead atoms. The molecule has 0 saturated carbocycles. The molecule has 0 aliphatic carbocycles. The molecule has 0 spiro atoms. The molecular formula is C22H24ClN3O2. The van der Waals surface area contributed by atoms with E-state index in [0.29, 0.717) is 5.69 Å². The predicted octanol–water partition coefficient (Wildman–Crippen LogP) is 3.41. The van der Waals surface area contributed by atoms with E-state index in [1.165, 1.54) is 4.90 Å². The molecule has 1 atom stereocenters. The Morgan fingerprint density at radius 3 is 2.25 bits per heavy atom. The van der Waals surface area contributed by atoms with Crippen LogP contribution in [0.5, 0.6) is 0 Å². The minimum Gasteiger partial charge on any atom is -0.369 e. The molecule has 2 aliphatic rings. The highest BCUT2D eigenvalue weighted by Crippen LogP contribution is 2.30. The van der Waals surface area contributed by atoms with Gasteiger partial charge in [0.25, 0.3) is 5.91 Å². The van der Waals surface area contributed by atoms with Gasteiger partial charge in [-0.05, 0) is 49.7 Å². The van der Waals surface area contributed by atoms with Crippen molar-refractivity contribution in [3.8, 4) is 0 Å². The second-order valence-corrected chi connectivity index (χ2v) is 8.01. The van der Waals surface area contributed by atoms with Gasteiger partial charge in [-0.15, -0.1) is 0 Å². The Bertz CT molecular complexity index is 904. The van der Waals surface area contributed by atoms with Crippen LogP contribution in [0.2, 0.25) is 5.02 Å². The minimum absolute atomic E-state index is 0.100. The predicted molar refractivity (Wildman–Crippen MR) is 112 cm³/mol. The number of rotatable bonds is 3. The third kappa shape index (κ3) is 3.52. The largest absolute Gasteiger partial charge is 0.369 e. The van der Waals surface area contributed by atoms with Crippen molar-refractivity contribution >= 4 is 34.8 Å². The summed E-state index contributed by atoms with van der Waals surface area (Å²) in [7, 11) is 0. The maximum Gasteiger partial charge on any atom is 0.251 e. The molecule has 0 unspecified atom stereocenters. The number of hydrogen-bond acceptors (Lipinski definition) is 4. The quantitative estimate of drug-likeness (QED) is 0.744. The highest BCUT2D eigenvalue weighted by Gasteiger charge is 2.43. The van der Waals surface area contributed by atoms with E-state index in [2.05, 4.69) is 9.80 Å². The molecule has 0 N–H and O–H groups in total. The van der Waals surface area contributed by atoms with Crippen molar-refractivity contribution in [2.24, 2.45) is 0 Å². The number of nitrogens with zero attached hydrogens (tertiary/aromatic N) is 3. The average molecular weight is 398 g/mol. The van der Waals surface area contributed by atoms with Crippen LogP contribution in [0.4, 0.5) is 11.4 Å². The fourth-order valence-corrected chi connectivity index (χ4v) is 4.28. The van der Waals surface area contributed by atoms with E-state index >= 15 is 0 Å². The van der Waals surface area contributed by atoms with Crippen molar-refractivity contribution in [3.05, 3.63) is 58.6 Å². The van der Waals surface area contributed by atoms with Crippen molar-refractivity contribution in [2.75, 3.05) is 36.0 Å². The monoisotopic (exact) mass is 397 g/mol. The van der Waals surface area contributed by atoms with Gasteiger partial charge < -0.3 is 4.90 Å². The summed E-state index contributed by atoms with van der Waals surface area (Å²) in [6.45, 7) is 7.11. The molecule has 28 heavy (non-hydrogen) atoms. The van der Waals surface area contributed by atoms with Gasteiger partial charge in [0.1, 0.15) is 0 Å². The summed E-state index contributed by atoms with van der Waals surface area (Å²) in [5.74, 6) is -0.209. The van der Waals surface area contributed by atoms with Gasteiger partial charge in [-0.2, -0.15) is 0 Å². The third-order valence-electron chi connectivity index (χ3n) is 5.66. The van der Waals surface area contributed by atoms with Crippen molar-refractivity contribution in [1.82, 2.24) is 4.90 Å². The van der Waals surface area contributed by atoms with E-state index < -0.39 is 0 Å². The molecule has 2 fully saturated rings. The first-order chi connectivity index (χ1) is 13.4. The fourth-order valence-electron chi connectivity index (χ4n) is 4.15. The SMILES string of the molecule is Cc1ccc(N2C(=O)C[C@@H](N3CCN(c4ccc(Cl)cc4)CC3)C2=O)c(C)c1. The Morgan fingerprint density at radius 1 is 0.929 bits per heavy atom. The normalized spacial score (nSPS) is 20.9. The number of benzene rings is 2. The zero-order valence-electron chi connectivity index (χ0n) is 16.2. The van der Waals surface area contributed by atoms with E-state index in [9.17, 15) is 9.59 Å². The zero-order valence-corrected chi connectivity index (χ0v) is 16.9. The smallest absolute Gasteiger partial charge is 0.251 e. The summed E-state index contributed by atoms with van der Waals surface area (Å²) >= 11 is 5.97. The van der Waals surface area contributed by atoms with E-state index in [1.54, 1.807) is 0 Å². The molecule has 6 heteroatoms. The van der Waals surface area contributed by atoms with E-state index in [4.69, 9.17) is 11.6 Å². The standard InChI is InChI=1S/C22H24ClN3O2/c1-15-3-8-19(16(2)13-15)26-21(27)14-20(22(26)28)25-11-9-24(10-12-25)18-6-4-17(23)5-7-18/h3-8,13,20H,9-12,14H2,1-2H3/t20-/m1/s1. The minimum atomic E-state index is -0.361. The van der Waals surface area contributed by atoms with Gasteiger partial charge in [-0.25, -0.2) is 4.90 Å². The van der Waals surface area contributed by atoms with Crippen molar-refractivity contribution in [3.63, 3.8) is 0 Å². The summed E-state index contributed by atoms with van der Waals surface area (Å²) in [5, 5.41) is 0.726. The number of carbonyl (C=O) groups excluding carboxylic acids is 2. The maximum atomic E-state index is 13.1. The van der Waals surface area contributed by atoms with Crippen LogP contribution in [0.1, 0.15) is 17.5 Å². The Kier molecular flexibility index (Phi) is 5.13. The Morgan fingerprint density at radius 2 is 1.61 bits per heavy atom. The zero-order chi connectivity index (χ0) is 19.8. The molecule has 2 saturated heterocycles. The van der Waals surface area contributed by atoms with E-state index in [-0.39, 0.29) is 24.3 Å². The first-order valence-corrected chi connectivity index (χ1v) is 10.0. The van der Waals surface area contributed by atoms with Crippen LogP contribution in [0, 0.1) is 13.8 Å². The molecule has 146 valence electrons. The third-order valence-corrected chi connectivity index (χ3v) is 5.91. The molecule has 2 aromatic rings. The van der Waals surface area contributed by atoms with Crippen molar-refractivity contribution in [1.29, 1.82) is 0 Å². The lowest BCUT2D eigenvalue weighted by Crippen LogP contribution is -2.52. The van der Waals surface area contributed by atoms with Crippen LogP contribution in [-0.4, -0.2) is 48.9 Å². The Labute approximate surface area is 170 Å². The second-order valence-electron chi connectivity index (χ2n) is 7.58. The van der Waals surface area contributed by atoms with Crippen LogP contribution < -0.4 is 9.80 Å². The molecular weight excluding hydrogens is 374 g/mol. The molecule has 0 aromatic heterocycles. The molecule has 5 nitrogen and oxygen atoms in total. The van der Waals surface area contributed by atoms with Crippen molar-refractivity contribution in [2.45, 2.75) is 26.3 Å². The molecule has 4 rings (SSSR count). The molecule has 2 heterocycles. The van der Waals surface area contributed by atoms with E-state index in [0.717, 1.165) is 48.0 Å². The fraction of sp³-hybridized carbons (Fsp3) is 0.364.